The number of nitriles is 1. The van der Waals surface area contributed by atoms with Gasteiger partial charge in [0, 0.05) is 0 Å². The SMILES string of the molecule is N#Cc1ccccc1COP=O. The molecule has 12 heavy (non-hydrogen) atoms. The summed E-state index contributed by atoms with van der Waals surface area (Å²) >= 11 is 0. The lowest BCUT2D eigenvalue weighted by Gasteiger charge is -1.98. The Kier molecular flexibility index (Phi) is 3.40. The number of hydrogen-bond acceptors (Lipinski definition) is 3. The molecule has 60 valence electrons. The van der Waals surface area contributed by atoms with Gasteiger partial charge < -0.3 is 0 Å². The highest BCUT2D eigenvalue weighted by molar-refractivity contribution is 7.17. The van der Waals surface area contributed by atoms with Crippen molar-refractivity contribution in [3.8, 4) is 6.07 Å². The van der Waals surface area contributed by atoms with Crippen molar-refractivity contribution in [2.24, 2.45) is 0 Å². The third-order valence-electron chi connectivity index (χ3n) is 1.41. The van der Waals surface area contributed by atoms with Crippen LogP contribution in [0.4, 0.5) is 0 Å². The average molecular weight is 179 g/mol. The maximum atomic E-state index is 9.97. The smallest absolute Gasteiger partial charge is 0.290 e. The van der Waals surface area contributed by atoms with E-state index in [0.717, 1.165) is 5.56 Å². The molecule has 0 saturated carbocycles. The highest BCUT2D eigenvalue weighted by atomic mass is 31.1. The van der Waals surface area contributed by atoms with Crippen LogP contribution in [0.25, 0.3) is 0 Å². The summed E-state index contributed by atoms with van der Waals surface area (Å²) in [6, 6.07) is 9.06. The second-order valence-electron chi connectivity index (χ2n) is 2.12. The predicted octanol–water partition coefficient (Wildman–Crippen LogP) is 2.28. The summed E-state index contributed by atoms with van der Waals surface area (Å²) in [6.45, 7) is 0.203. The van der Waals surface area contributed by atoms with Crippen LogP contribution in [0.2, 0.25) is 0 Å². The summed E-state index contributed by atoms with van der Waals surface area (Å²) in [5.74, 6) is 0. The minimum Gasteiger partial charge on any atom is -0.290 e. The second-order valence-corrected chi connectivity index (χ2v) is 2.52. The van der Waals surface area contributed by atoms with E-state index in [0.29, 0.717) is 5.56 Å². The molecule has 0 aliphatic carbocycles. The summed E-state index contributed by atoms with van der Waals surface area (Å²) in [7, 11) is -0.361. The van der Waals surface area contributed by atoms with E-state index in [4.69, 9.17) is 5.26 Å². The zero-order valence-electron chi connectivity index (χ0n) is 6.23. The predicted molar refractivity (Wildman–Crippen MR) is 43.6 cm³/mol. The molecule has 0 bridgehead atoms. The lowest BCUT2D eigenvalue weighted by atomic mass is 10.1. The van der Waals surface area contributed by atoms with Crippen molar-refractivity contribution in [2.45, 2.75) is 6.61 Å². The topological polar surface area (TPSA) is 50.1 Å². The first-order chi connectivity index (χ1) is 5.88. The van der Waals surface area contributed by atoms with Gasteiger partial charge in [0.1, 0.15) is 0 Å². The van der Waals surface area contributed by atoms with Crippen molar-refractivity contribution >= 4 is 8.69 Å². The molecule has 3 nitrogen and oxygen atoms in total. The van der Waals surface area contributed by atoms with Crippen molar-refractivity contribution in [1.29, 1.82) is 5.26 Å². The zero-order chi connectivity index (χ0) is 8.81. The Hall–Kier alpha value is -1.23. The van der Waals surface area contributed by atoms with Crippen LogP contribution < -0.4 is 0 Å². The third kappa shape index (κ3) is 2.13. The average Bonchev–Trinajstić information content (AvgIpc) is 2.15. The van der Waals surface area contributed by atoms with E-state index in [1.54, 1.807) is 24.3 Å². The van der Waals surface area contributed by atoms with Crippen molar-refractivity contribution in [3.05, 3.63) is 35.4 Å². The quantitative estimate of drug-likeness (QED) is 0.668. The van der Waals surface area contributed by atoms with E-state index in [1.807, 2.05) is 6.07 Å². The molecule has 0 saturated heterocycles. The first kappa shape index (κ1) is 8.86. The van der Waals surface area contributed by atoms with Gasteiger partial charge in [0.25, 0.3) is 0 Å². The highest BCUT2D eigenvalue weighted by Crippen LogP contribution is 2.11. The molecule has 0 atom stereocenters. The third-order valence-corrected chi connectivity index (χ3v) is 1.65. The molecule has 1 rings (SSSR count). The zero-order valence-corrected chi connectivity index (χ0v) is 7.12. The fourth-order valence-electron chi connectivity index (χ4n) is 0.851. The maximum absolute atomic E-state index is 9.97. The Bertz CT molecular complexity index is 319. The van der Waals surface area contributed by atoms with E-state index in [2.05, 4.69) is 4.52 Å². The van der Waals surface area contributed by atoms with Gasteiger partial charge in [0.2, 0.25) is 0 Å². The number of rotatable bonds is 3. The van der Waals surface area contributed by atoms with Crippen LogP contribution >= 0.6 is 8.69 Å². The van der Waals surface area contributed by atoms with Crippen LogP contribution in [0.3, 0.4) is 0 Å². The van der Waals surface area contributed by atoms with Gasteiger partial charge in [-0.05, 0) is 11.6 Å². The van der Waals surface area contributed by atoms with E-state index in [1.165, 1.54) is 0 Å². The minimum absolute atomic E-state index is 0.203. The van der Waals surface area contributed by atoms with Crippen LogP contribution in [-0.4, -0.2) is 0 Å². The van der Waals surface area contributed by atoms with Crippen LogP contribution in [0.5, 0.6) is 0 Å². The van der Waals surface area contributed by atoms with Gasteiger partial charge in [-0.2, -0.15) is 5.26 Å². The Morgan fingerprint density at radius 1 is 1.50 bits per heavy atom. The van der Waals surface area contributed by atoms with Crippen LogP contribution in [0, 0.1) is 11.3 Å². The lowest BCUT2D eigenvalue weighted by Crippen LogP contribution is -1.88. The Morgan fingerprint density at radius 3 is 2.92 bits per heavy atom. The van der Waals surface area contributed by atoms with Crippen molar-refractivity contribution < 1.29 is 9.09 Å². The standard InChI is InChI=1S/C8H6NO2P/c9-5-7-3-1-2-4-8(7)6-11-12-10/h1-4H,6H2. The fourth-order valence-corrected chi connectivity index (χ4v) is 1.04. The Balaban J connectivity index is 2.83. The Morgan fingerprint density at radius 2 is 2.25 bits per heavy atom. The number of hydrogen-bond donors (Lipinski definition) is 0. The van der Waals surface area contributed by atoms with E-state index in [-0.39, 0.29) is 15.3 Å². The molecular weight excluding hydrogens is 173 g/mol. The molecule has 0 N–H and O–H groups in total. The largest absolute Gasteiger partial charge is 0.327 e. The molecule has 0 aromatic heterocycles. The van der Waals surface area contributed by atoms with Gasteiger partial charge in [-0.15, -0.1) is 0 Å². The van der Waals surface area contributed by atoms with Gasteiger partial charge in [-0.1, -0.05) is 18.2 Å². The summed E-state index contributed by atoms with van der Waals surface area (Å²) in [4.78, 5) is 0. The van der Waals surface area contributed by atoms with Crippen molar-refractivity contribution in [2.75, 3.05) is 0 Å². The Labute approximate surface area is 71.9 Å². The number of nitrogens with zero attached hydrogens (tertiary/aromatic N) is 1. The van der Waals surface area contributed by atoms with E-state index >= 15 is 0 Å². The molecule has 1 aromatic carbocycles. The van der Waals surface area contributed by atoms with Gasteiger partial charge in [-0.25, -0.2) is 4.57 Å². The first-order valence-corrected chi connectivity index (χ1v) is 4.04. The molecule has 0 radical (unpaired) electrons. The fraction of sp³-hybridized carbons (Fsp3) is 0.125. The summed E-state index contributed by atoms with van der Waals surface area (Å²) in [5.41, 5.74) is 1.31. The van der Waals surface area contributed by atoms with E-state index < -0.39 is 0 Å². The van der Waals surface area contributed by atoms with Crippen molar-refractivity contribution in [3.63, 3.8) is 0 Å². The highest BCUT2D eigenvalue weighted by Gasteiger charge is 1.99. The molecule has 0 aliphatic rings. The van der Waals surface area contributed by atoms with Gasteiger partial charge in [-0.3, -0.25) is 4.52 Å². The van der Waals surface area contributed by atoms with Crippen LogP contribution in [0.15, 0.2) is 24.3 Å². The van der Waals surface area contributed by atoms with Gasteiger partial charge >= 0.3 is 8.69 Å². The molecule has 0 fully saturated rings. The summed E-state index contributed by atoms with van der Waals surface area (Å²) in [5, 5.41) is 8.63. The molecule has 4 heteroatoms. The van der Waals surface area contributed by atoms with Crippen LogP contribution in [-0.2, 0) is 15.7 Å². The summed E-state index contributed by atoms with van der Waals surface area (Å²) in [6.07, 6.45) is 0. The molecule has 0 amide bonds. The lowest BCUT2D eigenvalue weighted by molar-refractivity contribution is 0.332. The number of benzene rings is 1. The van der Waals surface area contributed by atoms with Crippen molar-refractivity contribution in [1.82, 2.24) is 0 Å². The van der Waals surface area contributed by atoms with Gasteiger partial charge in [0.05, 0.1) is 18.2 Å². The van der Waals surface area contributed by atoms with E-state index in [9.17, 15) is 4.57 Å². The van der Waals surface area contributed by atoms with Crippen LogP contribution in [0.1, 0.15) is 11.1 Å². The molecule has 0 aliphatic heterocycles. The molecule has 1 aromatic rings. The molecular formula is C8H6NO2P. The second kappa shape index (κ2) is 4.61. The maximum Gasteiger partial charge on any atom is 0.327 e. The normalized spacial score (nSPS) is 9.58. The summed E-state index contributed by atoms with van der Waals surface area (Å²) < 4.78 is 14.6. The first-order valence-electron chi connectivity index (χ1n) is 3.31. The molecule has 0 unspecified atom stereocenters. The monoisotopic (exact) mass is 179 g/mol. The van der Waals surface area contributed by atoms with Gasteiger partial charge in [0.15, 0.2) is 0 Å². The molecule has 0 heterocycles. The minimum atomic E-state index is -0.361. The molecule has 0 spiro atoms.